The summed E-state index contributed by atoms with van der Waals surface area (Å²) in [5.41, 5.74) is 0.518. The first-order chi connectivity index (χ1) is 4.85. The Morgan fingerprint density at radius 1 is 1.70 bits per heavy atom. The van der Waals surface area contributed by atoms with Crippen molar-refractivity contribution in [3.05, 3.63) is 12.2 Å². The van der Waals surface area contributed by atoms with E-state index >= 15 is 0 Å². The lowest BCUT2D eigenvalue weighted by Gasteiger charge is -1.86. The monoisotopic (exact) mass is 136 g/mol. The Balaban J connectivity index is 3.95. The highest BCUT2D eigenvalue weighted by Crippen LogP contribution is 1.83. The van der Waals surface area contributed by atoms with Gasteiger partial charge in [-0.05, 0) is 19.4 Å². The molecule has 0 saturated heterocycles. The van der Waals surface area contributed by atoms with Crippen LogP contribution in [0.3, 0.4) is 0 Å². The molecule has 0 saturated carbocycles. The summed E-state index contributed by atoms with van der Waals surface area (Å²) in [5, 5.41) is 8.45. The molecule has 0 rings (SSSR count). The van der Waals surface area contributed by atoms with E-state index in [4.69, 9.17) is 5.26 Å². The molecule has 0 unspecified atom stereocenters. The van der Waals surface area contributed by atoms with E-state index in [0.717, 1.165) is 13.0 Å². The fraction of sp³-hybridized carbons (Fsp3) is 0.500. The van der Waals surface area contributed by atoms with Gasteiger partial charge >= 0.3 is 0 Å². The first-order valence-electron chi connectivity index (χ1n) is 3.42. The van der Waals surface area contributed by atoms with Crippen LogP contribution in [-0.4, -0.2) is 12.3 Å². The fourth-order valence-corrected chi connectivity index (χ4v) is 0.515. The number of nitriles is 1. The molecule has 0 N–H and O–H groups in total. The van der Waals surface area contributed by atoms with E-state index in [0.29, 0.717) is 5.71 Å². The minimum atomic E-state index is 0.518. The number of hydrogen-bond acceptors (Lipinski definition) is 2. The summed E-state index contributed by atoms with van der Waals surface area (Å²) >= 11 is 0. The Kier molecular flexibility index (Phi) is 5.36. The van der Waals surface area contributed by atoms with Crippen molar-refractivity contribution in [3.8, 4) is 6.07 Å². The second-order valence-electron chi connectivity index (χ2n) is 1.88. The molecule has 0 heterocycles. The Labute approximate surface area is 61.9 Å². The molecule has 0 aliphatic rings. The molecule has 2 heteroatoms. The van der Waals surface area contributed by atoms with Gasteiger partial charge in [0.25, 0.3) is 0 Å². The topological polar surface area (TPSA) is 36.1 Å². The number of hydrogen-bond donors (Lipinski definition) is 0. The highest BCUT2D eigenvalue weighted by Gasteiger charge is 1.85. The Hall–Kier alpha value is -1.10. The van der Waals surface area contributed by atoms with Crippen LogP contribution in [0.2, 0.25) is 0 Å². The first kappa shape index (κ1) is 8.90. The zero-order valence-corrected chi connectivity index (χ0v) is 6.46. The molecule has 0 bridgehead atoms. The molecule has 10 heavy (non-hydrogen) atoms. The SMILES string of the molecule is C/C=C\C(C#N)=NCCC. The molecule has 0 radical (unpaired) electrons. The predicted octanol–water partition coefficient (Wildman–Crippen LogP) is 1.94. The molecule has 0 atom stereocenters. The van der Waals surface area contributed by atoms with Crippen LogP contribution in [0.25, 0.3) is 0 Å². The Morgan fingerprint density at radius 2 is 2.40 bits per heavy atom. The summed E-state index contributed by atoms with van der Waals surface area (Å²) in [6, 6.07) is 2.00. The molecule has 0 aliphatic carbocycles. The van der Waals surface area contributed by atoms with Gasteiger partial charge in [-0.3, -0.25) is 4.99 Å². The van der Waals surface area contributed by atoms with E-state index in [9.17, 15) is 0 Å². The minimum absolute atomic E-state index is 0.518. The van der Waals surface area contributed by atoms with E-state index in [1.54, 1.807) is 6.08 Å². The van der Waals surface area contributed by atoms with Crippen LogP contribution in [-0.2, 0) is 0 Å². The van der Waals surface area contributed by atoms with Gasteiger partial charge in [0.2, 0.25) is 0 Å². The quantitative estimate of drug-likeness (QED) is 0.546. The van der Waals surface area contributed by atoms with Crippen molar-refractivity contribution in [3.63, 3.8) is 0 Å². The third kappa shape index (κ3) is 3.85. The highest BCUT2D eigenvalue weighted by molar-refractivity contribution is 6.07. The molecule has 0 aromatic carbocycles. The summed E-state index contributed by atoms with van der Waals surface area (Å²) in [7, 11) is 0. The molecule has 0 aliphatic heterocycles. The average Bonchev–Trinajstić information content (AvgIpc) is 1.98. The van der Waals surface area contributed by atoms with E-state index in [1.165, 1.54) is 0 Å². The van der Waals surface area contributed by atoms with Gasteiger partial charge < -0.3 is 0 Å². The number of nitrogens with zero attached hydrogens (tertiary/aromatic N) is 2. The molecule has 0 aromatic heterocycles. The maximum absolute atomic E-state index is 8.45. The van der Waals surface area contributed by atoms with Gasteiger partial charge in [-0.2, -0.15) is 5.26 Å². The van der Waals surface area contributed by atoms with E-state index in [-0.39, 0.29) is 0 Å². The molecule has 0 spiro atoms. The number of allylic oxidation sites excluding steroid dienone is 2. The third-order valence-corrected chi connectivity index (χ3v) is 0.945. The van der Waals surface area contributed by atoms with Gasteiger partial charge in [-0.1, -0.05) is 13.0 Å². The van der Waals surface area contributed by atoms with Gasteiger partial charge in [-0.15, -0.1) is 0 Å². The van der Waals surface area contributed by atoms with E-state index in [1.807, 2.05) is 26.0 Å². The summed E-state index contributed by atoms with van der Waals surface area (Å²) < 4.78 is 0. The maximum Gasteiger partial charge on any atom is 0.134 e. The molecule has 2 nitrogen and oxygen atoms in total. The van der Waals surface area contributed by atoms with Crippen molar-refractivity contribution in [2.75, 3.05) is 6.54 Å². The standard InChI is InChI=1S/C8H12N2/c1-3-5-8(7-9)10-6-4-2/h3,5H,4,6H2,1-2H3/b5-3-,10-8?. The van der Waals surface area contributed by atoms with Gasteiger partial charge in [0.1, 0.15) is 11.8 Å². The largest absolute Gasteiger partial charge is 0.274 e. The fourth-order valence-electron chi connectivity index (χ4n) is 0.515. The molecular weight excluding hydrogens is 124 g/mol. The van der Waals surface area contributed by atoms with Crippen molar-refractivity contribution < 1.29 is 0 Å². The minimum Gasteiger partial charge on any atom is -0.274 e. The van der Waals surface area contributed by atoms with Crippen LogP contribution >= 0.6 is 0 Å². The molecular formula is C8H12N2. The van der Waals surface area contributed by atoms with Crippen LogP contribution in [0.4, 0.5) is 0 Å². The summed E-state index contributed by atoms with van der Waals surface area (Å²) in [6.07, 6.45) is 4.52. The second-order valence-corrected chi connectivity index (χ2v) is 1.88. The zero-order chi connectivity index (χ0) is 7.82. The normalized spacial score (nSPS) is 11.9. The smallest absolute Gasteiger partial charge is 0.134 e. The molecule has 0 aromatic rings. The van der Waals surface area contributed by atoms with Gasteiger partial charge in [0, 0.05) is 6.54 Å². The van der Waals surface area contributed by atoms with Crippen LogP contribution in [0.5, 0.6) is 0 Å². The van der Waals surface area contributed by atoms with Crippen molar-refractivity contribution in [1.82, 2.24) is 0 Å². The van der Waals surface area contributed by atoms with Crippen LogP contribution in [0.15, 0.2) is 17.1 Å². The van der Waals surface area contributed by atoms with Crippen molar-refractivity contribution in [2.24, 2.45) is 4.99 Å². The van der Waals surface area contributed by atoms with Gasteiger partial charge in [-0.25, -0.2) is 0 Å². The number of aliphatic imine (C=N–C) groups is 1. The lowest BCUT2D eigenvalue weighted by molar-refractivity contribution is 0.934. The third-order valence-electron chi connectivity index (χ3n) is 0.945. The Bertz CT molecular complexity index is 172. The van der Waals surface area contributed by atoms with E-state index < -0.39 is 0 Å². The van der Waals surface area contributed by atoms with Crippen molar-refractivity contribution in [2.45, 2.75) is 20.3 Å². The van der Waals surface area contributed by atoms with E-state index in [2.05, 4.69) is 4.99 Å². The van der Waals surface area contributed by atoms with Crippen LogP contribution < -0.4 is 0 Å². The summed E-state index contributed by atoms with van der Waals surface area (Å²) in [5.74, 6) is 0. The first-order valence-corrected chi connectivity index (χ1v) is 3.42. The molecule has 0 amide bonds. The average molecular weight is 136 g/mol. The van der Waals surface area contributed by atoms with Crippen LogP contribution in [0.1, 0.15) is 20.3 Å². The van der Waals surface area contributed by atoms with Gasteiger partial charge in [0.05, 0.1) is 0 Å². The zero-order valence-electron chi connectivity index (χ0n) is 6.46. The van der Waals surface area contributed by atoms with Crippen molar-refractivity contribution >= 4 is 5.71 Å². The van der Waals surface area contributed by atoms with Crippen LogP contribution in [0, 0.1) is 11.3 Å². The van der Waals surface area contributed by atoms with Crippen molar-refractivity contribution in [1.29, 1.82) is 5.26 Å². The predicted molar refractivity (Wildman–Crippen MR) is 43.0 cm³/mol. The summed E-state index contributed by atoms with van der Waals surface area (Å²) in [6.45, 7) is 4.65. The highest BCUT2D eigenvalue weighted by atomic mass is 14.7. The number of rotatable bonds is 3. The Morgan fingerprint density at radius 3 is 2.80 bits per heavy atom. The summed E-state index contributed by atoms with van der Waals surface area (Å²) in [4.78, 5) is 4.02. The maximum atomic E-state index is 8.45. The van der Waals surface area contributed by atoms with Gasteiger partial charge in [0.15, 0.2) is 0 Å². The molecule has 54 valence electrons. The molecule has 0 fully saturated rings. The lowest BCUT2D eigenvalue weighted by atomic mass is 10.3. The lowest BCUT2D eigenvalue weighted by Crippen LogP contribution is -1.89. The second kappa shape index (κ2) is 6.03.